The molecule has 0 aliphatic carbocycles. The number of rotatable bonds is 6. The first-order chi connectivity index (χ1) is 12.1. The summed E-state index contributed by atoms with van der Waals surface area (Å²) < 4.78 is 12.8. The molecule has 0 saturated carbocycles. The number of hydrogen-bond donors (Lipinski definition) is 1. The van der Waals surface area contributed by atoms with Crippen LogP contribution in [0.25, 0.3) is 0 Å². The van der Waals surface area contributed by atoms with E-state index in [0.29, 0.717) is 24.3 Å². The van der Waals surface area contributed by atoms with Crippen molar-refractivity contribution in [3.8, 4) is 0 Å². The molecule has 0 radical (unpaired) electrons. The van der Waals surface area contributed by atoms with Gasteiger partial charge in [-0.15, -0.1) is 0 Å². The largest absolute Gasteiger partial charge is 0.461 e. The lowest BCUT2D eigenvalue weighted by atomic mass is 9.94. The van der Waals surface area contributed by atoms with E-state index in [9.17, 15) is 9.90 Å². The Morgan fingerprint density at radius 2 is 1.92 bits per heavy atom. The van der Waals surface area contributed by atoms with Gasteiger partial charge in [0.25, 0.3) is 0 Å². The number of piperidine rings is 1. The van der Waals surface area contributed by atoms with Crippen LogP contribution in [0.4, 0.5) is 0 Å². The van der Waals surface area contributed by atoms with Crippen molar-refractivity contribution in [2.24, 2.45) is 0 Å². The molecule has 3 fully saturated rings. The monoisotopic (exact) mass is 346 g/mol. The lowest BCUT2D eigenvalue weighted by Gasteiger charge is -2.48. The van der Waals surface area contributed by atoms with Crippen LogP contribution in [0, 0.1) is 0 Å². The zero-order valence-corrected chi connectivity index (χ0v) is 15.0. The van der Waals surface area contributed by atoms with E-state index in [1.807, 2.05) is 30.3 Å². The Labute approximate surface area is 149 Å². The summed E-state index contributed by atoms with van der Waals surface area (Å²) in [7, 11) is 2.34. The molecule has 0 spiro atoms. The van der Waals surface area contributed by atoms with Crippen LogP contribution in [-0.2, 0) is 14.3 Å². The molecular formula is C20H28NO4+. The summed E-state index contributed by atoms with van der Waals surface area (Å²) in [6.07, 6.45) is 3.55. The minimum Gasteiger partial charge on any atom is -0.461 e. The Morgan fingerprint density at radius 1 is 1.28 bits per heavy atom. The fourth-order valence-electron chi connectivity index (χ4n) is 5.21. The molecule has 0 aromatic heterocycles. The van der Waals surface area contributed by atoms with Crippen LogP contribution >= 0.6 is 0 Å². The van der Waals surface area contributed by atoms with Crippen molar-refractivity contribution in [2.75, 3.05) is 20.2 Å². The average Bonchev–Trinajstić information content (AvgIpc) is 3.35. The molecule has 1 N–H and O–H groups in total. The number of carbonyl (C=O) groups excluding carboxylic acids is 1. The summed E-state index contributed by atoms with van der Waals surface area (Å²) in [5.74, 6) is -0.901. The number of hydrogen-bond acceptors (Lipinski definition) is 4. The molecule has 4 unspecified atom stereocenters. The van der Waals surface area contributed by atoms with Crippen LogP contribution in [0.2, 0.25) is 0 Å². The number of nitrogens with zero attached hydrogens (tertiary/aromatic N) is 1. The highest BCUT2D eigenvalue weighted by Gasteiger charge is 2.71. The molecule has 3 heterocycles. The van der Waals surface area contributed by atoms with Crippen LogP contribution in [0.5, 0.6) is 0 Å². The van der Waals surface area contributed by atoms with Crippen LogP contribution < -0.4 is 0 Å². The molecule has 1 aromatic carbocycles. The lowest BCUT2D eigenvalue weighted by molar-refractivity contribution is -0.956. The van der Waals surface area contributed by atoms with E-state index in [-0.39, 0.29) is 18.7 Å². The van der Waals surface area contributed by atoms with E-state index in [2.05, 4.69) is 14.0 Å². The number of carbonyl (C=O) groups is 1. The maximum Gasteiger partial charge on any atom is 0.316 e. The van der Waals surface area contributed by atoms with E-state index < -0.39 is 5.92 Å². The van der Waals surface area contributed by atoms with Gasteiger partial charge in [-0.1, -0.05) is 37.3 Å². The van der Waals surface area contributed by atoms with Gasteiger partial charge in [0.2, 0.25) is 0 Å². The predicted molar refractivity (Wildman–Crippen MR) is 93.0 cm³/mol. The Balaban J connectivity index is 1.44. The molecule has 1 aromatic rings. The maximum absolute atomic E-state index is 12.6. The maximum atomic E-state index is 12.6. The molecule has 4 rings (SSSR count). The summed E-state index contributed by atoms with van der Waals surface area (Å²) in [6, 6.07) is 10.3. The summed E-state index contributed by atoms with van der Waals surface area (Å²) in [5.41, 5.74) is 0.812. The second-order valence-corrected chi connectivity index (χ2v) is 7.95. The van der Waals surface area contributed by atoms with E-state index in [4.69, 9.17) is 9.47 Å². The Kier molecular flexibility index (Phi) is 4.34. The number of likely N-dealkylation sites (N-methyl/N-ethyl adjacent to an activating group) is 1. The molecule has 25 heavy (non-hydrogen) atoms. The van der Waals surface area contributed by atoms with Gasteiger partial charge in [-0.25, -0.2) is 0 Å². The quantitative estimate of drug-likeness (QED) is 0.485. The van der Waals surface area contributed by atoms with Gasteiger partial charge in [0.05, 0.1) is 20.2 Å². The molecule has 2 bridgehead atoms. The Bertz CT molecular complexity index is 616. The fourth-order valence-corrected chi connectivity index (χ4v) is 5.21. The number of epoxide rings is 1. The van der Waals surface area contributed by atoms with E-state index in [1.165, 1.54) is 0 Å². The van der Waals surface area contributed by atoms with Gasteiger partial charge in [0.15, 0.2) is 0 Å². The van der Waals surface area contributed by atoms with Gasteiger partial charge in [0, 0.05) is 12.8 Å². The van der Waals surface area contributed by atoms with E-state index in [1.54, 1.807) is 0 Å². The zero-order valence-electron chi connectivity index (χ0n) is 15.0. The number of fused-ring (bicyclic) bond motifs is 5. The molecule has 5 heteroatoms. The average molecular weight is 346 g/mol. The minimum atomic E-state index is -0.594. The molecule has 7 atom stereocenters. The normalized spacial score (nSPS) is 39.6. The fraction of sp³-hybridized carbons (Fsp3) is 0.650. The summed E-state index contributed by atoms with van der Waals surface area (Å²) in [5, 5.41) is 9.67. The first-order valence-electron chi connectivity index (χ1n) is 9.45. The van der Waals surface area contributed by atoms with Gasteiger partial charge in [-0.2, -0.15) is 0 Å². The van der Waals surface area contributed by atoms with Crippen LogP contribution in [0.15, 0.2) is 30.3 Å². The van der Waals surface area contributed by atoms with Crippen molar-refractivity contribution in [3.05, 3.63) is 35.9 Å². The van der Waals surface area contributed by atoms with E-state index >= 15 is 0 Å². The topological polar surface area (TPSA) is 59.1 Å². The van der Waals surface area contributed by atoms with Gasteiger partial charge < -0.3 is 19.1 Å². The Hall–Kier alpha value is -1.43. The molecule has 3 aliphatic heterocycles. The molecule has 3 saturated heterocycles. The third-order valence-electron chi connectivity index (χ3n) is 6.50. The number of morpholine rings is 1. The van der Waals surface area contributed by atoms with Gasteiger partial charge >= 0.3 is 5.97 Å². The van der Waals surface area contributed by atoms with Gasteiger partial charge in [-0.3, -0.25) is 4.79 Å². The lowest BCUT2D eigenvalue weighted by Crippen LogP contribution is -2.62. The number of ether oxygens (including phenoxy) is 2. The molecule has 136 valence electrons. The third-order valence-corrected chi connectivity index (χ3v) is 6.50. The second kappa shape index (κ2) is 6.38. The number of aliphatic hydroxyl groups excluding tert-OH is 1. The minimum absolute atomic E-state index is 0.0558. The van der Waals surface area contributed by atoms with Crippen molar-refractivity contribution < 1.29 is 23.9 Å². The molecular weight excluding hydrogens is 318 g/mol. The van der Waals surface area contributed by atoms with Crippen LogP contribution in [0.3, 0.4) is 0 Å². The molecule has 5 nitrogen and oxygen atoms in total. The third kappa shape index (κ3) is 2.78. The van der Waals surface area contributed by atoms with E-state index in [0.717, 1.165) is 35.9 Å². The first-order valence-corrected chi connectivity index (χ1v) is 9.45. The van der Waals surface area contributed by atoms with Crippen LogP contribution in [0.1, 0.15) is 37.7 Å². The Morgan fingerprint density at radius 3 is 2.48 bits per heavy atom. The van der Waals surface area contributed by atoms with Gasteiger partial charge in [0.1, 0.15) is 36.3 Å². The zero-order chi connectivity index (χ0) is 17.6. The summed E-state index contributed by atoms with van der Waals surface area (Å²) >= 11 is 0. The number of benzene rings is 1. The summed E-state index contributed by atoms with van der Waals surface area (Å²) in [6.45, 7) is 3.17. The highest BCUT2D eigenvalue weighted by Crippen LogP contribution is 2.52. The molecule has 3 aliphatic rings. The second-order valence-electron chi connectivity index (χ2n) is 7.95. The van der Waals surface area contributed by atoms with Gasteiger partial charge in [-0.05, 0) is 12.0 Å². The predicted octanol–water partition coefficient (Wildman–Crippen LogP) is 1.84. The smallest absolute Gasteiger partial charge is 0.316 e. The number of esters is 1. The standard InChI is InChI=1S/C20H28NO4/c1-3-9-21(2)16-10-14(11-17(21)19-18(16)25-19)24-20(23)15(12-22)13-7-5-4-6-8-13/h4-8,14-19,22H,3,9-12H2,1-2H3/q+1/t14?,15-,16?,17?,18-,19+,21?/m1/s1. The SMILES string of the molecule is CCC[N+]1(C)C2CC(OC(=O)[C@H](CO)c3ccccc3)CC1[C@@H]1O[C@H]21. The van der Waals surface area contributed by atoms with Crippen molar-refractivity contribution in [1.82, 2.24) is 0 Å². The van der Waals surface area contributed by atoms with Crippen LogP contribution in [-0.4, -0.2) is 66.2 Å². The van der Waals surface area contributed by atoms with Crippen molar-refractivity contribution in [3.63, 3.8) is 0 Å². The first kappa shape index (κ1) is 17.0. The van der Waals surface area contributed by atoms with Crippen molar-refractivity contribution in [1.29, 1.82) is 0 Å². The highest BCUT2D eigenvalue weighted by atomic mass is 16.6. The van der Waals surface area contributed by atoms with Crippen molar-refractivity contribution in [2.45, 2.75) is 62.5 Å². The van der Waals surface area contributed by atoms with Crippen molar-refractivity contribution >= 4 is 5.97 Å². The number of quaternary nitrogens is 1. The summed E-state index contributed by atoms with van der Waals surface area (Å²) in [4.78, 5) is 12.6. The molecule has 0 amide bonds. The number of aliphatic hydroxyl groups is 1. The highest BCUT2D eigenvalue weighted by molar-refractivity contribution is 5.78.